The van der Waals surface area contributed by atoms with E-state index in [0.29, 0.717) is 19.5 Å². The van der Waals surface area contributed by atoms with Crippen molar-refractivity contribution in [2.45, 2.75) is 19.4 Å². The van der Waals surface area contributed by atoms with Crippen LogP contribution in [0.4, 0.5) is 11.4 Å². The maximum Gasteiger partial charge on any atom is 0.269 e. The molecule has 1 aromatic rings. The fraction of sp³-hybridized carbons (Fsp3) is 0.417. The van der Waals surface area contributed by atoms with Crippen molar-refractivity contribution in [2.24, 2.45) is 5.73 Å². The molecule has 0 heterocycles. The van der Waals surface area contributed by atoms with Gasteiger partial charge >= 0.3 is 0 Å². The fourth-order valence-electron chi connectivity index (χ4n) is 1.47. The van der Waals surface area contributed by atoms with Crippen molar-refractivity contribution < 1.29 is 9.72 Å². The first-order chi connectivity index (χ1) is 8.99. The van der Waals surface area contributed by atoms with E-state index in [1.54, 1.807) is 19.1 Å². The number of nitrogens with one attached hydrogen (secondary N) is 2. The molecular weight excluding hydrogens is 248 g/mol. The van der Waals surface area contributed by atoms with Crippen molar-refractivity contribution >= 4 is 17.3 Å². The molecule has 0 radical (unpaired) electrons. The van der Waals surface area contributed by atoms with Crippen LogP contribution in [0.3, 0.4) is 0 Å². The molecule has 0 bridgehead atoms. The lowest BCUT2D eigenvalue weighted by atomic mass is 10.2. The third-order valence-corrected chi connectivity index (χ3v) is 2.36. The second-order valence-corrected chi connectivity index (χ2v) is 4.26. The number of carbonyl (C=O) groups is 1. The highest BCUT2D eigenvalue weighted by Crippen LogP contribution is 2.14. The van der Waals surface area contributed by atoms with Crippen LogP contribution in [0.15, 0.2) is 24.3 Å². The summed E-state index contributed by atoms with van der Waals surface area (Å²) in [5.41, 5.74) is 6.32. The Morgan fingerprint density at radius 1 is 1.37 bits per heavy atom. The predicted octanol–water partition coefficient (Wildman–Crippen LogP) is 0.860. The minimum Gasteiger partial charge on any atom is -0.383 e. The standard InChI is InChI=1S/C12H18N4O3/c1-9(13)8-12(17)15-7-6-14-10-2-4-11(5-3-10)16(18)19/h2-5,9,14H,6-8,13H2,1H3,(H,15,17). The number of hydrogen-bond donors (Lipinski definition) is 3. The van der Waals surface area contributed by atoms with E-state index in [1.165, 1.54) is 12.1 Å². The first-order valence-electron chi connectivity index (χ1n) is 5.99. The van der Waals surface area contributed by atoms with E-state index in [0.717, 1.165) is 5.69 Å². The Hall–Kier alpha value is -2.15. The van der Waals surface area contributed by atoms with E-state index >= 15 is 0 Å². The molecule has 0 saturated heterocycles. The number of nitro benzene ring substituents is 1. The molecule has 0 aliphatic carbocycles. The van der Waals surface area contributed by atoms with Crippen molar-refractivity contribution in [2.75, 3.05) is 18.4 Å². The molecule has 4 N–H and O–H groups in total. The Morgan fingerprint density at radius 2 is 2.00 bits per heavy atom. The van der Waals surface area contributed by atoms with Crippen LogP contribution >= 0.6 is 0 Å². The molecule has 1 aromatic carbocycles. The van der Waals surface area contributed by atoms with Gasteiger partial charge in [-0.3, -0.25) is 14.9 Å². The summed E-state index contributed by atoms with van der Waals surface area (Å²) in [6, 6.07) is 5.96. The summed E-state index contributed by atoms with van der Waals surface area (Å²) in [7, 11) is 0. The number of benzene rings is 1. The van der Waals surface area contributed by atoms with Gasteiger partial charge in [-0.25, -0.2) is 0 Å². The summed E-state index contributed by atoms with van der Waals surface area (Å²) < 4.78 is 0. The van der Waals surface area contributed by atoms with Crippen LogP contribution in [0.1, 0.15) is 13.3 Å². The van der Waals surface area contributed by atoms with Crippen LogP contribution in [-0.4, -0.2) is 30.0 Å². The Labute approximate surface area is 111 Å². The maximum atomic E-state index is 11.3. The Bertz CT molecular complexity index is 431. The van der Waals surface area contributed by atoms with Gasteiger partial charge in [0.2, 0.25) is 5.91 Å². The minimum atomic E-state index is -0.446. The van der Waals surface area contributed by atoms with Gasteiger partial charge in [-0.1, -0.05) is 0 Å². The molecule has 104 valence electrons. The zero-order valence-electron chi connectivity index (χ0n) is 10.8. The van der Waals surface area contributed by atoms with Crippen molar-refractivity contribution in [3.05, 3.63) is 34.4 Å². The van der Waals surface area contributed by atoms with Gasteiger partial charge in [0, 0.05) is 43.4 Å². The second-order valence-electron chi connectivity index (χ2n) is 4.26. The van der Waals surface area contributed by atoms with Gasteiger partial charge < -0.3 is 16.4 Å². The third-order valence-electron chi connectivity index (χ3n) is 2.36. The van der Waals surface area contributed by atoms with E-state index in [-0.39, 0.29) is 17.6 Å². The lowest BCUT2D eigenvalue weighted by molar-refractivity contribution is -0.384. The van der Waals surface area contributed by atoms with Crippen molar-refractivity contribution in [1.82, 2.24) is 5.32 Å². The topological polar surface area (TPSA) is 110 Å². The number of non-ortho nitro benzene ring substituents is 1. The average Bonchev–Trinajstić information content (AvgIpc) is 2.34. The summed E-state index contributed by atoms with van der Waals surface area (Å²) in [4.78, 5) is 21.3. The highest BCUT2D eigenvalue weighted by Gasteiger charge is 2.05. The first-order valence-corrected chi connectivity index (χ1v) is 5.99. The molecule has 1 unspecified atom stereocenters. The Kier molecular flexibility index (Phi) is 5.74. The van der Waals surface area contributed by atoms with Gasteiger partial charge in [0.15, 0.2) is 0 Å². The monoisotopic (exact) mass is 266 g/mol. The van der Waals surface area contributed by atoms with Gasteiger partial charge in [-0.15, -0.1) is 0 Å². The van der Waals surface area contributed by atoms with E-state index in [2.05, 4.69) is 10.6 Å². The molecular formula is C12H18N4O3. The number of nitrogens with zero attached hydrogens (tertiary/aromatic N) is 1. The molecule has 0 aliphatic rings. The van der Waals surface area contributed by atoms with Crippen LogP contribution in [-0.2, 0) is 4.79 Å². The van der Waals surface area contributed by atoms with Gasteiger partial charge in [0.1, 0.15) is 0 Å². The summed E-state index contributed by atoms with van der Waals surface area (Å²) in [5, 5.41) is 16.2. The highest BCUT2D eigenvalue weighted by atomic mass is 16.6. The number of rotatable bonds is 7. The SMILES string of the molecule is CC(N)CC(=O)NCCNc1ccc([N+](=O)[O-])cc1. The van der Waals surface area contributed by atoms with Crippen LogP contribution < -0.4 is 16.4 Å². The minimum absolute atomic E-state index is 0.0517. The van der Waals surface area contributed by atoms with Gasteiger partial charge in [0.25, 0.3) is 5.69 Å². The van der Waals surface area contributed by atoms with Crippen LogP contribution in [0, 0.1) is 10.1 Å². The summed E-state index contributed by atoms with van der Waals surface area (Å²) in [5.74, 6) is -0.0829. The maximum absolute atomic E-state index is 11.3. The summed E-state index contributed by atoms with van der Waals surface area (Å²) in [6.07, 6.45) is 0.303. The largest absolute Gasteiger partial charge is 0.383 e. The smallest absolute Gasteiger partial charge is 0.269 e. The fourth-order valence-corrected chi connectivity index (χ4v) is 1.47. The molecule has 7 nitrogen and oxygen atoms in total. The molecule has 1 rings (SSSR count). The van der Waals surface area contributed by atoms with Crippen molar-refractivity contribution in [1.29, 1.82) is 0 Å². The van der Waals surface area contributed by atoms with Crippen molar-refractivity contribution in [3.63, 3.8) is 0 Å². The average molecular weight is 266 g/mol. The number of nitrogens with two attached hydrogens (primary N) is 1. The van der Waals surface area contributed by atoms with Crippen LogP contribution in [0.5, 0.6) is 0 Å². The summed E-state index contributed by atoms with van der Waals surface area (Å²) >= 11 is 0. The molecule has 0 spiro atoms. The highest BCUT2D eigenvalue weighted by molar-refractivity contribution is 5.76. The zero-order chi connectivity index (χ0) is 14.3. The lowest BCUT2D eigenvalue weighted by Gasteiger charge is -2.09. The van der Waals surface area contributed by atoms with Crippen LogP contribution in [0.2, 0.25) is 0 Å². The first kappa shape index (κ1) is 14.9. The molecule has 7 heteroatoms. The zero-order valence-corrected chi connectivity index (χ0v) is 10.8. The van der Waals surface area contributed by atoms with E-state index in [1.807, 2.05) is 0 Å². The third kappa shape index (κ3) is 5.82. The Morgan fingerprint density at radius 3 is 2.53 bits per heavy atom. The number of nitro groups is 1. The second kappa shape index (κ2) is 7.32. The quantitative estimate of drug-likeness (QED) is 0.385. The number of amides is 1. The molecule has 0 fully saturated rings. The molecule has 0 aliphatic heterocycles. The van der Waals surface area contributed by atoms with Gasteiger partial charge in [0.05, 0.1) is 4.92 Å². The van der Waals surface area contributed by atoms with E-state index in [9.17, 15) is 14.9 Å². The van der Waals surface area contributed by atoms with Gasteiger partial charge in [-0.2, -0.15) is 0 Å². The van der Waals surface area contributed by atoms with Crippen LogP contribution in [0.25, 0.3) is 0 Å². The van der Waals surface area contributed by atoms with Gasteiger partial charge in [-0.05, 0) is 19.1 Å². The molecule has 1 amide bonds. The summed E-state index contributed by atoms with van der Waals surface area (Å²) in [6.45, 7) is 2.79. The number of hydrogen-bond acceptors (Lipinski definition) is 5. The number of anilines is 1. The Balaban J connectivity index is 2.26. The predicted molar refractivity (Wildman–Crippen MR) is 72.9 cm³/mol. The van der Waals surface area contributed by atoms with E-state index < -0.39 is 4.92 Å². The molecule has 19 heavy (non-hydrogen) atoms. The molecule has 1 atom stereocenters. The molecule has 0 aromatic heterocycles. The number of carbonyl (C=O) groups excluding carboxylic acids is 1. The van der Waals surface area contributed by atoms with E-state index in [4.69, 9.17) is 5.73 Å². The lowest BCUT2D eigenvalue weighted by Crippen LogP contribution is -2.32. The van der Waals surface area contributed by atoms with Crippen molar-refractivity contribution in [3.8, 4) is 0 Å². The molecule has 0 saturated carbocycles. The normalized spacial score (nSPS) is 11.7.